The highest BCUT2D eigenvalue weighted by Crippen LogP contribution is 2.35. The summed E-state index contributed by atoms with van der Waals surface area (Å²) in [5, 5.41) is 15.7. The van der Waals surface area contributed by atoms with E-state index in [0.29, 0.717) is 53.9 Å². The number of nitrogens with zero attached hydrogens (tertiary/aromatic N) is 4. The molecule has 1 fully saturated rings. The van der Waals surface area contributed by atoms with E-state index in [1.165, 1.54) is 11.3 Å². The van der Waals surface area contributed by atoms with Crippen LogP contribution in [0, 0.1) is 0 Å². The molecule has 34 heavy (non-hydrogen) atoms. The number of thiophene rings is 1. The number of hydrogen-bond acceptors (Lipinski definition) is 6. The van der Waals surface area contributed by atoms with Crippen LogP contribution in [0.3, 0.4) is 0 Å². The smallest absolute Gasteiger partial charge is 0.265 e. The van der Waals surface area contributed by atoms with Gasteiger partial charge in [0.15, 0.2) is 11.6 Å². The number of rotatable bonds is 4. The van der Waals surface area contributed by atoms with Crippen molar-refractivity contribution in [1.29, 1.82) is 0 Å². The first-order valence-corrected chi connectivity index (χ1v) is 11.4. The van der Waals surface area contributed by atoms with Crippen molar-refractivity contribution in [3.05, 3.63) is 52.3 Å². The number of benzene rings is 1. The van der Waals surface area contributed by atoms with Crippen LogP contribution in [0.2, 0.25) is 0 Å². The lowest BCUT2D eigenvalue weighted by atomic mass is 10.2. The van der Waals surface area contributed by atoms with Gasteiger partial charge in [0, 0.05) is 39.1 Å². The number of hydrogen-bond donors (Lipinski definition) is 2. The van der Waals surface area contributed by atoms with Crippen molar-refractivity contribution in [2.24, 2.45) is 14.1 Å². The Morgan fingerprint density at radius 3 is 2.65 bits per heavy atom. The summed E-state index contributed by atoms with van der Waals surface area (Å²) in [4.78, 5) is 32.4. The standard InChI is InChI=1S/C23H23N5O4S.ClH/c1-26-13-15(23(31)28-7-9-32-10-8-28)20(29)19(26)21-25-16-12-14(5-6-17(16)27(21)2)24-22(30)18-4-3-11-33-18;/h3-6,11-13,29H,7-10H2,1-2H3,(H,24,30);1H. The minimum atomic E-state index is -0.227. The van der Waals surface area contributed by atoms with Crippen molar-refractivity contribution in [3.8, 4) is 17.3 Å². The van der Waals surface area contributed by atoms with Crippen molar-refractivity contribution >= 4 is 52.3 Å². The first kappa shape index (κ1) is 23.8. The van der Waals surface area contributed by atoms with Crippen molar-refractivity contribution in [3.63, 3.8) is 0 Å². The van der Waals surface area contributed by atoms with Gasteiger partial charge in [-0.05, 0) is 29.6 Å². The number of nitrogens with one attached hydrogen (secondary N) is 1. The average molecular weight is 502 g/mol. The van der Waals surface area contributed by atoms with E-state index >= 15 is 0 Å². The Balaban J connectivity index is 0.00000274. The summed E-state index contributed by atoms with van der Waals surface area (Å²) in [6.45, 7) is 1.97. The first-order chi connectivity index (χ1) is 15.9. The molecule has 178 valence electrons. The van der Waals surface area contributed by atoms with Crippen LogP contribution in [0.5, 0.6) is 5.75 Å². The van der Waals surface area contributed by atoms with Gasteiger partial charge in [0.1, 0.15) is 5.69 Å². The van der Waals surface area contributed by atoms with Crippen LogP contribution in [0.4, 0.5) is 5.69 Å². The van der Waals surface area contributed by atoms with Crippen LogP contribution in [0.15, 0.2) is 41.9 Å². The number of amides is 2. The summed E-state index contributed by atoms with van der Waals surface area (Å²) in [5.41, 5.74) is 2.82. The highest BCUT2D eigenvalue weighted by Gasteiger charge is 2.27. The number of ether oxygens (including phenoxy) is 1. The zero-order valence-electron chi connectivity index (χ0n) is 18.6. The maximum absolute atomic E-state index is 12.9. The molecule has 0 atom stereocenters. The van der Waals surface area contributed by atoms with E-state index in [4.69, 9.17) is 9.72 Å². The van der Waals surface area contributed by atoms with Crippen molar-refractivity contribution in [2.45, 2.75) is 0 Å². The number of fused-ring (bicyclic) bond motifs is 1. The molecule has 1 saturated heterocycles. The molecule has 2 amide bonds. The van der Waals surface area contributed by atoms with Crippen LogP contribution in [0.25, 0.3) is 22.6 Å². The summed E-state index contributed by atoms with van der Waals surface area (Å²) >= 11 is 1.38. The molecule has 2 N–H and O–H groups in total. The Kier molecular flexibility index (Phi) is 6.65. The van der Waals surface area contributed by atoms with E-state index < -0.39 is 0 Å². The summed E-state index contributed by atoms with van der Waals surface area (Å²) in [6.07, 6.45) is 1.63. The summed E-state index contributed by atoms with van der Waals surface area (Å²) in [7, 11) is 3.63. The molecule has 4 aromatic rings. The Labute approximate surface area is 206 Å². The second-order valence-electron chi connectivity index (χ2n) is 7.88. The van der Waals surface area contributed by atoms with E-state index in [2.05, 4.69) is 5.32 Å². The molecule has 1 aromatic carbocycles. The maximum Gasteiger partial charge on any atom is 0.265 e. The molecule has 11 heteroatoms. The molecule has 1 aliphatic rings. The zero-order chi connectivity index (χ0) is 23.1. The van der Waals surface area contributed by atoms with Crippen LogP contribution < -0.4 is 5.32 Å². The van der Waals surface area contributed by atoms with E-state index in [-0.39, 0.29) is 35.5 Å². The molecule has 3 aromatic heterocycles. The van der Waals surface area contributed by atoms with Crippen molar-refractivity contribution in [1.82, 2.24) is 19.0 Å². The summed E-state index contributed by atoms with van der Waals surface area (Å²) in [6, 6.07) is 9.08. The second kappa shape index (κ2) is 9.49. The Bertz CT molecular complexity index is 1360. The molecule has 0 radical (unpaired) electrons. The quantitative estimate of drug-likeness (QED) is 0.445. The number of carbonyl (C=O) groups is 2. The molecule has 0 aliphatic carbocycles. The van der Waals surface area contributed by atoms with Gasteiger partial charge in [-0.2, -0.15) is 0 Å². The van der Waals surface area contributed by atoms with Gasteiger partial charge in [0.05, 0.1) is 34.7 Å². The van der Waals surface area contributed by atoms with Gasteiger partial charge in [0.25, 0.3) is 11.8 Å². The summed E-state index contributed by atoms with van der Waals surface area (Å²) in [5.74, 6) is 0.0215. The predicted molar refractivity (Wildman–Crippen MR) is 133 cm³/mol. The third kappa shape index (κ3) is 4.15. The number of carbonyl (C=O) groups excluding carboxylic acids is 2. The predicted octanol–water partition coefficient (Wildman–Crippen LogP) is 3.49. The van der Waals surface area contributed by atoms with Gasteiger partial charge < -0.3 is 29.2 Å². The molecule has 0 bridgehead atoms. The van der Waals surface area contributed by atoms with Crippen LogP contribution in [-0.2, 0) is 18.8 Å². The van der Waals surface area contributed by atoms with E-state index in [1.54, 1.807) is 34.8 Å². The van der Waals surface area contributed by atoms with Crippen molar-refractivity contribution in [2.75, 3.05) is 31.6 Å². The normalized spacial score (nSPS) is 13.6. The Hall–Kier alpha value is -3.34. The highest BCUT2D eigenvalue weighted by atomic mass is 35.5. The fourth-order valence-corrected chi connectivity index (χ4v) is 4.68. The lowest BCUT2D eigenvalue weighted by molar-refractivity contribution is 0.0301. The molecule has 0 spiro atoms. The summed E-state index contributed by atoms with van der Waals surface area (Å²) < 4.78 is 8.89. The van der Waals surface area contributed by atoms with Gasteiger partial charge in [-0.25, -0.2) is 4.98 Å². The van der Waals surface area contributed by atoms with Crippen LogP contribution >= 0.6 is 23.7 Å². The highest BCUT2D eigenvalue weighted by molar-refractivity contribution is 7.12. The topological polar surface area (TPSA) is 102 Å². The SMILES string of the molecule is Cl.Cn1cc(C(=O)N2CCOCC2)c(O)c1-c1nc2cc(NC(=O)c3cccs3)ccc2n1C. The van der Waals surface area contributed by atoms with E-state index in [1.807, 2.05) is 35.2 Å². The van der Waals surface area contributed by atoms with Gasteiger partial charge in [-0.15, -0.1) is 23.7 Å². The number of halogens is 1. The first-order valence-electron chi connectivity index (χ1n) is 10.5. The fourth-order valence-electron chi connectivity index (χ4n) is 4.06. The largest absolute Gasteiger partial charge is 0.505 e. The lowest BCUT2D eigenvalue weighted by Crippen LogP contribution is -2.40. The van der Waals surface area contributed by atoms with Gasteiger partial charge in [-0.1, -0.05) is 6.07 Å². The van der Waals surface area contributed by atoms with Gasteiger partial charge in [0.2, 0.25) is 0 Å². The molecule has 4 heterocycles. The molecule has 9 nitrogen and oxygen atoms in total. The number of aryl methyl sites for hydroxylation is 2. The zero-order valence-corrected chi connectivity index (χ0v) is 20.3. The van der Waals surface area contributed by atoms with Crippen LogP contribution in [-0.4, -0.2) is 62.2 Å². The van der Waals surface area contributed by atoms with Gasteiger partial charge >= 0.3 is 0 Å². The Morgan fingerprint density at radius 2 is 1.94 bits per heavy atom. The number of morpholine rings is 1. The van der Waals surface area contributed by atoms with Crippen LogP contribution in [0.1, 0.15) is 20.0 Å². The molecular formula is C23H24ClN5O4S. The third-order valence-corrected chi connectivity index (χ3v) is 6.65. The Morgan fingerprint density at radius 1 is 1.18 bits per heavy atom. The third-order valence-electron chi connectivity index (χ3n) is 5.78. The number of anilines is 1. The molecule has 5 rings (SSSR count). The number of aromatic nitrogens is 3. The minimum Gasteiger partial charge on any atom is -0.505 e. The number of aromatic hydroxyl groups is 1. The lowest BCUT2D eigenvalue weighted by Gasteiger charge is -2.26. The second-order valence-corrected chi connectivity index (χ2v) is 8.83. The fraction of sp³-hybridized carbons (Fsp3) is 0.261. The maximum atomic E-state index is 12.9. The molecular weight excluding hydrogens is 478 g/mol. The van der Waals surface area contributed by atoms with Crippen molar-refractivity contribution < 1.29 is 19.4 Å². The van der Waals surface area contributed by atoms with E-state index in [0.717, 1.165) is 5.52 Å². The molecule has 0 saturated carbocycles. The average Bonchev–Trinajstić information content (AvgIpc) is 3.53. The van der Waals surface area contributed by atoms with E-state index in [9.17, 15) is 14.7 Å². The molecule has 1 aliphatic heterocycles. The molecule has 0 unspecified atom stereocenters. The minimum absolute atomic E-state index is 0. The monoisotopic (exact) mass is 501 g/mol. The van der Waals surface area contributed by atoms with Gasteiger partial charge in [-0.3, -0.25) is 9.59 Å². The number of imidazole rings is 1.